The molecule has 0 radical (unpaired) electrons. The maximum Gasteiger partial charge on any atom is 0.170 e. The Morgan fingerprint density at radius 1 is 1.07 bits per heavy atom. The lowest BCUT2D eigenvalue weighted by Gasteiger charge is -2.01. The van der Waals surface area contributed by atoms with Crippen LogP contribution in [0.1, 0.15) is 21.0 Å². The third-order valence-corrected chi connectivity index (χ3v) is 2.00. The SMILES string of the molecule is O=Cc1cc(C=O)n(-c2ccccc2)n1. The third kappa shape index (κ3) is 1.69. The minimum atomic E-state index is 0.251. The van der Waals surface area contributed by atoms with Gasteiger partial charge in [0.2, 0.25) is 0 Å². The lowest BCUT2D eigenvalue weighted by molar-refractivity contribution is 0.111. The number of aldehydes is 2. The largest absolute Gasteiger partial charge is 0.296 e. The van der Waals surface area contributed by atoms with Crippen molar-refractivity contribution in [3.05, 3.63) is 47.8 Å². The van der Waals surface area contributed by atoms with Crippen molar-refractivity contribution in [3.8, 4) is 5.69 Å². The molecule has 0 amide bonds. The Labute approximate surface area is 86.1 Å². The summed E-state index contributed by atoms with van der Waals surface area (Å²) in [6.07, 6.45) is 1.29. The molecule has 0 aliphatic heterocycles. The first kappa shape index (κ1) is 9.33. The average molecular weight is 200 g/mol. The van der Waals surface area contributed by atoms with Crippen LogP contribution in [0.3, 0.4) is 0 Å². The standard InChI is InChI=1S/C11H8N2O2/c14-7-9-6-11(8-15)13(12-9)10-4-2-1-3-5-10/h1-8H. The smallest absolute Gasteiger partial charge is 0.170 e. The molecule has 0 fully saturated rings. The van der Waals surface area contributed by atoms with E-state index in [0.29, 0.717) is 18.3 Å². The summed E-state index contributed by atoms with van der Waals surface area (Å²) in [5, 5.41) is 3.99. The number of nitrogens with zero attached hydrogens (tertiary/aromatic N) is 2. The molecule has 0 aliphatic carbocycles. The second kappa shape index (κ2) is 3.88. The van der Waals surface area contributed by atoms with E-state index in [2.05, 4.69) is 5.10 Å². The molecular weight excluding hydrogens is 192 g/mol. The predicted molar refractivity (Wildman–Crippen MR) is 54.3 cm³/mol. The van der Waals surface area contributed by atoms with Crippen molar-refractivity contribution in [1.29, 1.82) is 0 Å². The molecule has 0 saturated heterocycles. The van der Waals surface area contributed by atoms with E-state index >= 15 is 0 Å². The summed E-state index contributed by atoms with van der Waals surface area (Å²) in [5.41, 5.74) is 1.37. The Morgan fingerprint density at radius 3 is 2.40 bits per heavy atom. The molecule has 4 nitrogen and oxygen atoms in total. The predicted octanol–water partition coefficient (Wildman–Crippen LogP) is 1.50. The van der Waals surface area contributed by atoms with Crippen LogP contribution in [0.5, 0.6) is 0 Å². The van der Waals surface area contributed by atoms with Crippen molar-refractivity contribution >= 4 is 12.6 Å². The topological polar surface area (TPSA) is 52.0 Å². The molecule has 0 atom stereocenters. The molecule has 0 unspecified atom stereocenters. The number of para-hydroxylation sites is 1. The summed E-state index contributed by atoms with van der Waals surface area (Å²) < 4.78 is 1.44. The van der Waals surface area contributed by atoms with Gasteiger partial charge in [0.05, 0.1) is 5.69 Å². The van der Waals surface area contributed by atoms with Gasteiger partial charge in [-0.15, -0.1) is 0 Å². The number of hydrogen-bond donors (Lipinski definition) is 0. The maximum atomic E-state index is 10.8. The summed E-state index contributed by atoms with van der Waals surface area (Å²) in [6.45, 7) is 0. The highest BCUT2D eigenvalue weighted by molar-refractivity contribution is 5.79. The molecule has 1 aromatic carbocycles. The zero-order chi connectivity index (χ0) is 10.7. The molecule has 0 spiro atoms. The van der Waals surface area contributed by atoms with Crippen molar-refractivity contribution in [2.45, 2.75) is 0 Å². The number of benzene rings is 1. The molecule has 2 rings (SSSR count). The molecule has 0 saturated carbocycles. The van der Waals surface area contributed by atoms with Gasteiger partial charge in [-0.1, -0.05) is 18.2 Å². The average Bonchev–Trinajstić information content (AvgIpc) is 2.73. The van der Waals surface area contributed by atoms with E-state index in [-0.39, 0.29) is 5.69 Å². The number of rotatable bonds is 3. The molecule has 15 heavy (non-hydrogen) atoms. The van der Waals surface area contributed by atoms with E-state index in [1.54, 1.807) is 0 Å². The van der Waals surface area contributed by atoms with Crippen LogP contribution in [0.15, 0.2) is 36.4 Å². The number of carbonyl (C=O) groups excluding carboxylic acids is 2. The molecule has 1 aromatic heterocycles. The Kier molecular flexibility index (Phi) is 2.41. The number of aromatic nitrogens is 2. The lowest BCUT2D eigenvalue weighted by atomic mass is 10.3. The van der Waals surface area contributed by atoms with Crippen LogP contribution in [-0.4, -0.2) is 22.4 Å². The van der Waals surface area contributed by atoms with Gasteiger partial charge in [-0.25, -0.2) is 4.68 Å². The van der Waals surface area contributed by atoms with Gasteiger partial charge in [-0.2, -0.15) is 5.10 Å². The molecule has 2 aromatic rings. The number of carbonyl (C=O) groups is 2. The molecule has 1 heterocycles. The lowest BCUT2D eigenvalue weighted by Crippen LogP contribution is -2.00. The van der Waals surface area contributed by atoms with Crippen molar-refractivity contribution in [2.24, 2.45) is 0 Å². The quantitative estimate of drug-likeness (QED) is 0.705. The van der Waals surface area contributed by atoms with Gasteiger partial charge in [0.15, 0.2) is 12.6 Å². The first-order chi connectivity index (χ1) is 7.35. The van der Waals surface area contributed by atoms with Crippen LogP contribution in [0, 0.1) is 0 Å². The first-order valence-corrected chi connectivity index (χ1v) is 4.41. The molecule has 74 valence electrons. The highest BCUT2D eigenvalue weighted by Gasteiger charge is 2.07. The summed E-state index contributed by atoms with van der Waals surface area (Å²) in [7, 11) is 0. The molecule has 4 heteroatoms. The summed E-state index contributed by atoms with van der Waals surface area (Å²) in [6, 6.07) is 10.6. The Hall–Kier alpha value is -2.23. The van der Waals surface area contributed by atoms with Gasteiger partial charge >= 0.3 is 0 Å². The summed E-state index contributed by atoms with van der Waals surface area (Å²) >= 11 is 0. The Balaban J connectivity index is 2.56. The van der Waals surface area contributed by atoms with Gasteiger partial charge in [0.25, 0.3) is 0 Å². The highest BCUT2D eigenvalue weighted by atomic mass is 16.1. The van der Waals surface area contributed by atoms with Crippen LogP contribution in [0.4, 0.5) is 0 Å². The second-order valence-corrected chi connectivity index (χ2v) is 2.98. The van der Waals surface area contributed by atoms with Gasteiger partial charge in [0, 0.05) is 0 Å². The normalized spacial score (nSPS) is 9.87. The molecule has 0 aliphatic rings. The second-order valence-electron chi connectivity index (χ2n) is 2.98. The van der Waals surface area contributed by atoms with Crippen LogP contribution >= 0.6 is 0 Å². The van der Waals surface area contributed by atoms with Gasteiger partial charge < -0.3 is 0 Å². The van der Waals surface area contributed by atoms with Crippen LogP contribution < -0.4 is 0 Å². The van der Waals surface area contributed by atoms with Gasteiger partial charge in [-0.3, -0.25) is 9.59 Å². The number of hydrogen-bond acceptors (Lipinski definition) is 3. The fourth-order valence-corrected chi connectivity index (χ4v) is 1.33. The fraction of sp³-hybridized carbons (Fsp3) is 0. The van der Waals surface area contributed by atoms with Crippen molar-refractivity contribution in [2.75, 3.05) is 0 Å². The van der Waals surface area contributed by atoms with E-state index in [1.807, 2.05) is 30.3 Å². The monoisotopic (exact) mass is 200 g/mol. The van der Waals surface area contributed by atoms with Crippen molar-refractivity contribution < 1.29 is 9.59 Å². The maximum absolute atomic E-state index is 10.8. The van der Waals surface area contributed by atoms with Gasteiger partial charge in [-0.05, 0) is 18.2 Å². The van der Waals surface area contributed by atoms with Crippen molar-refractivity contribution in [3.63, 3.8) is 0 Å². The Morgan fingerprint density at radius 2 is 1.80 bits per heavy atom. The summed E-state index contributed by atoms with van der Waals surface area (Å²) in [4.78, 5) is 21.3. The van der Waals surface area contributed by atoms with E-state index < -0.39 is 0 Å². The van der Waals surface area contributed by atoms with Gasteiger partial charge in [0.1, 0.15) is 11.4 Å². The van der Waals surface area contributed by atoms with Crippen molar-refractivity contribution in [1.82, 2.24) is 9.78 Å². The minimum Gasteiger partial charge on any atom is -0.296 e. The Bertz CT molecular complexity index is 489. The molecular formula is C11H8N2O2. The van der Waals surface area contributed by atoms with E-state index in [0.717, 1.165) is 5.69 Å². The zero-order valence-corrected chi connectivity index (χ0v) is 7.83. The fourth-order valence-electron chi connectivity index (χ4n) is 1.33. The van der Waals surface area contributed by atoms with E-state index in [4.69, 9.17) is 0 Å². The molecule has 0 bridgehead atoms. The van der Waals surface area contributed by atoms with Crippen LogP contribution in [-0.2, 0) is 0 Å². The van der Waals surface area contributed by atoms with Crippen LogP contribution in [0.25, 0.3) is 5.69 Å². The van der Waals surface area contributed by atoms with Crippen LogP contribution in [0.2, 0.25) is 0 Å². The first-order valence-electron chi connectivity index (χ1n) is 4.41. The summed E-state index contributed by atoms with van der Waals surface area (Å²) in [5.74, 6) is 0. The highest BCUT2D eigenvalue weighted by Crippen LogP contribution is 2.09. The zero-order valence-electron chi connectivity index (χ0n) is 7.83. The minimum absolute atomic E-state index is 0.251. The third-order valence-electron chi connectivity index (χ3n) is 2.00. The van der Waals surface area contributed by atoms with E-state index in [1.165, 1.54) is 10.7 Å². The van der Waals surface area contributed by atoms with E-state index in [9.17, 15) is 9.59 Å². The molecule has 0 N–H and O–H groups in total.